The molecule has 1 rings (SSSR count). The number of sulfonamides is 1. The van der Waals surface area contributed by atoms with Gasteiger partial charge in [0.05, 0.1) is 22.1 Å². The summed E-state index contributed by atoms with van der Waals surface area (Å²) in [6.45, 7) is 6.28. The summed E-state index contributed by atoms with van der Waals surface area (Å²) in [6.07, 6.45) is 0. The van der Waals surface area contributed by atoms with E-state index in [0.29, 0.717) is 16.8 Å². The Morgan fingerprint density at radius 1 is 1.35 bits per heavy atom. The third-order valence-electron chi connectivity index (χ3n) is 2.66. The summed E-state index contributed by atoms with van der Waals surface area (Å²) in [5, 5.41) is 0. The molecule has 1 aromatic carbocycles. The van der Waals surface area contributed by atoms with Crippen molar-refractivity contribution in [2.45, 2.75) is 31.3 Å². The molecule has 0 aliphatic carbocycles. The molecule has 0 aliphatic heterocycles. The number of nitrogens with one attached hydrogen (secondary N) is 1. The molecule has 0 radical (unpaired) electrons. The molecule has 1 N–H and O–H groups in total. The summed E-state index contributed by atoms with van der Waals surface area (Å²) >= 11 is 3.27. The van der Waals surface area contributed by atoms with Crippen molar-refractivity contribution in [3.05, 3.63) is 22.7 Å². The van der Waals surface area contributed by atoms with Crippen LogP contribution in [0.2, 0.25) is 0 Å². The standard InChI is InChI=1S/C13H20BrNO4S/c1-5-19-13(2,3)9-15-20(16,17)10-6-7-12(18-4)11(14)8-10/h6-8,15H,5,9H2,1-4H3. The minimum Gasteiger partial charge on any atom is -0.496 e. The molecule has 0 spiro atoms. The SMILES string of the molecule is CCOC(C)(C)CNS(=O)(=O)c1ccc(OC)c(Br)c1. The van der Waals surface area contributed by atoms with E-state index in [9.17, 15) is 8.42 Å². The fourth-order valence-electron chi connectivity index (χ4n) is 1.61. The normalized spacial score (nSPS) is 12.4. The molecular formula is C13H20BrNO4S. The third kappa shape index (κ3) is 4.73. The molecule has 0 saturated heterocycles. The van der Waals surface area contributed by atoms with Crippen LogP contribution in [-0.2, 0) is 14.8 Å². The Hall–Kier alpha value is -0.630. The van der Waals surface area contributed by atoms with Crippen molar-refractivity contribution in [3.8, 4) is 5.75 Å². The van der Waals surface area contributed by atoms with Gasteiger partial charge in [0.15, 0.2) is 0 Å². The molecule has 0 unspecified atom stereocenters. The predicted molar refractivity (Wildman–Crippen MR) is 81.6 cm³/mol. The lowest BCUT2D eigenvalue weighted by Gasteiger charge is -2.24. The number of benzene rings is 1. The van der Waals surface area contributed by atoms with Crippen molar-refractivity contribution in [2.24, 2.45) is 0 Å². The van der Waals surface area contributed by atoms with Gasteiger partial charge in [0, 0.05) is 13.2 Å². The van der Waals surface area contributed by atoms with Gasteiger partial charge in [-0.1, -0.05) is 0 Å². The van der Waals surface area contributed by atoms with Crippen LogP contribution in [0.1, 0.15) is 20.8 Å². The van der Waals surface area contributed by atoms with Crippen LogP contribution in [0.3, 0.4) is 0 Å². The van der Waals surface area contributed by atoms with E-state index in [1.54, 1.807) is 6.07 Å². The highest BCUT2D eigenvalue weighted by molar-refractivity contribution is 9.10. The minimum atomic E-state index is -3.57. The smallest absolute Gasteiger partial charge is 0.240 e. The van der Waals surface area contributed by atoms with E-state index in [-0.39, 0.29) is 11.4 Å². The average molecular weight is 366 g/mol. The zero-order chi connectivity index (χ0) is 15.4. The van der Waals surface area contributed by atoms with Gasteiger partial charge in [0.25, 0.3) is 0 Å². The van der Waals surface area contributed by atoms with Gasteiger partial charge in [0.2, 0.25) is 10.0 Å². The molecule has 0 heterocycles. The molecule has 0 fully saturated rings. The molecule has 0 amide bonds. The van der Waals surface area contributed by atoms with E-state index < -0.39 is 15.6 Å². The first-order chi connectivity index (χ1) is 9.22. The van der Waals surface area contributed by atoms with Crippen LogP contribution in [0.15, 0.2) is 27.6 Å². The molecule has 114 valence electrons. The lowest BCUT2D eigenvalue weighted by molar-refractivity contribution is -0.00515. The van der Waals surface area contributed by atoms with Gasteiger partial charge in [0.1, 0.15) is 5.75 Å². The Morgan fingerprint density at radius 2 is 2.00 bits per heavy atom. The van der Waals surface area contributed by atoms with Crippen molar-refractivity contribution in [2.75, 3.05) is 20.3 Å². The lowest BCUT2D eigenvalue weighted by Crippen LogP contribution is -2.40. The van der Waals surface area contributed by atoms with Gasteiger partial charge in [-0.3, -0.25) is 0 Å². The number of methoxy groups -OCH3 is 1. The Bertz CT molecular complexity index is 557. The van der Waals surface area contributed by atoms with Gasteiger partial charge in [-0.2, -0.15) is 0 Å². The highest BCUT2D eigenvalue weighted by Gasteiger charge is 2.23. The second-order valence-corrected chi connectivity index (χ2v) is 7.43. The molecule has 7 heteroatoms. The Kier molecular flexibility index (Phi) is 6.00. The van der Waals surface area contributed by atoms with E-state index in [1.807, 2.05) is 20.8 Å². The Morgan fingerprint density at radius 3 is 2.50 bits per heavy atom. The van der Waals surface area contributed by atoms with Crippen molar-refractivity contribution < 1.29 is 17.9 Å². The van der Waals surface area contributed by atoms with Crippen molar-refractivity contribution in [1.82, 2.24) is 4.72 Å². The van der Waals surface area contributed by atoms with Crippen molar-refractivity contribution in [1.29, 1.82) is 0 Å². The summed E-state index contributed by atoms with van der Waals surface area (Å²) in [6, 6.07) is 4.61. The van der Waals surface area contributed by atoms with Gasteiger partial charge >= 0.3 is 0 Å². The molecule has 5 nitrogen and oxygen atoms in total. The quantitative estimate of drug-likeness (QED) is 0.806. The van der Waals surface area contributed by atoms with E-state index in [4.69, 9.17) is 9.47 Å². The van der Waals surface area contributed by atoms with Crippen LogP contribution >= 0.6 is 15.9 Å². The number of hydrogen-bond donors (Lipinski definition) is 1. The summed E-state index contributed by atoms with van der Waals surface area (Å²) in [4.78, 5) is 0.178. The molecule has 20 heavy (non-hydrogen) atoms. The number of hydrogen-bond acceptors (Lipinski definition) is 4. The first kappa shape index (κ1) is 17.4. The summed E-state index contributed by atoms with van der Waals surface area (Å²) in [7, 11) is -2.05. The van der Waals surface area contributed by atoms with Crippen LogP contribution in [0, 0.1) is 0 Å². The molecule has 0 atom stereocenters. The fourth-order valence-corrected chi connectivity index (χ4v) is 3.52. The van der Waals surface area contributed by atoms with Gasteiger partial charge < -0.3 is 9.47 Å². The predicted octanol–water partition coefficient (Wildman–Crippen LogP) is 2.55. The van der Waals surface area contributed by atoms with Crippen LogP contribution < -0.4 is 9.46 Å². The summed E-state index contributed by atoms with van der Waals surface area (Å²) in [5.41, 5.74) is -0.550. The van der Waals surface area contributed by atoms with E-state index in [2.05, 4.69) is 20.7 Å². The molecular weight excluding hydrogens is 346 g/mol. The minimum absolute atomic E-state index is 0.178. The lowest BCUT2D eigenvalue weighted by atomic mass is 10.1. The van der Waals surface area contributed by atoms with Gasteiger partial charge in [-0.15, -0.1) is 0 Å². The number of ether oxygens (including phenoxy) is 2. The molecule has 0 aliphatic rings. The molecule has 0 saturated carbocycles. The van der Waals surface area contributed by atoms with Crippen molar-refractivity contribution in [3.63, 3.8) is 0 Å². The van der Waals surface area contributed by atoms with Gasteiger partial charge in [-0.25, -0.2) is 13.1 Å². The molecule has 1 aromatic rings. The average Bonchev–Trinajstić information content (AvgIpc) is 2.36. The van der Waals surface area contributed by atoms with Crippen molar-refractivity contribution >= 4 is 26.0 Å². The second kappa shape index (κ2) is 6.89. The maximum atomic E-state index is 12.2. The van der Waals surface area contributed by atoms with E-state index in [1.165, 1.54) is 19.2 Å². The maximum Gasteiger partial charge on any atom is 0.240 e. The van der Waals surface area contributed by atoms with Crippen LogP contribution in [0.5, 0.6) is 5.75 Å². The monoisotopic (exact) mass is 365 g/mol. The molecule has 0 bridgehead atoms. The maximum absolute atomic E-state index is 12.2. The topological polar surface area (TPSA) is 64.6 Å². The van der Waals surface area contributed by atoms with E-state index in [0.717, 1.165) is 0 Å². The highest BCUT2D eigenvalue weighted by Crippen LogP contribution is 2.27. The second-order valence-electron chi connectivity index (χ2n) is 4.81. The summed E-state index contributed by atoms with van der Waals surface area (Å²) in [5.74, 6) is 0.582. The Labute approximate surface area is 128 Å². The van der Waals surface area contributed by atoms with E-state index >= 15 is 0 Å². The zero-order valence-corrected chi connectivity index (χ0v) is 14.5. The van der Waals surface area contributed by atoms with Gasteiger partial charge in [-0.05, 0) is 54.9 Å². The number of halogens is 1. The summed E-state index contributed by atoms with van der Waals surface area (Å²) < 4.78 is 38.1. The van der Waals surface area contributed by atoms with Crippen LogP contribution in [-0.4, -0.2) is 34.3 Å². The largest absolute Gasteiger partial charge is 0.496 e. The highest BCUT2D eigenvalue weighted by atomic mass is 79.9. The fraction of sp³-hybridized carbons (Fsp3) is 0.538. The number of rotatable bonds is 7. The van der Waals surface area contributed by atoms with Crippen LogP contribution in [0.25, 0.3) is 0 Å². The first-order valence-electron chi connectivity index (χ1n) is 6.19. The third-order valence-corrected chi connectivity index (χ3v) is 4.68. The zero-order valence-electron chi connectivity index (χ0n) is 12.1. The molecule has 0 aromatic heterocycles. The van der Waals surface area contributed by atoms with Crippen LogP contribution in [0.4, 0.5) is 0 Å². The first-order valence-corrected chi connectivity index (χ1v) is 8.46. The Balaban J connectivity index is 2.87.